The first-order chi connectivity index (χ1) is 10.7. The second kappa shape index (κ2) is 5.82. The lowest BCUT2D eigenvalue weighted by Gasteiger charge is -2.11. The van der Waals surface area contributed by atoms with E-state index in [4.69, 9.17) is 4.74 Å². The summed E-state index contributed by atoms with van der Waals surface area (Å²) in [5.74, 6) is -0.291. The Morgan fingerprint density at radius 2 is 1.50 bits per heavy atom. The highest BCUT2D eigenvalue weighted by atomic mass is 16.5. The van der Waals surface area contributed by atoms with E-state index in [1.165, 1.54) is 6.92 Å². The van der Waals surface area contributed by atoms with Gasteiger partial charge in [-0.1, -0.05) is 60.7 Å². The predicted octanol–water partition coefficient (Wildman–Crippen LogP) is 4.00. The molecule has 108 valence electrons. The fourth-order valence-corrected chi connectivity index (χ4v) is 2.42. The summed E-state index contributed by atoms with van der Waals surface area (Å²) in [5, 5.41) is 1.67. The molecule has 3 nitrogen and oxygen atoms in total. The van der Waals surface area contributed by atoms with Crippen LogP contribution in [0.25, 0.3) is 10.8 Å². The van der Waals surface area contributed by atoms with Crippen LogP contribution >= 0.6 is 0 Å². The average molecular weight is 290 g/mol. The topological polar surface area (TPSA) is 43.4 Å². The number of carbonyl (C=O) groups excluding carboxylic acids is 2. The predicted molar refractivity (Wildman–Crippen MR) is 85.1 cm³/mol. The first-order valence-corrected chi connectivity index (χ1v) is 6.97. The van der Waals surface area contributed by atoms with Gasteiger partial charge in [0.05, 0.1) is 5.56 Å². The minimum Gasteiger partial charge on any atom is -0.425 e. The molecule has 3 heteroatoms. The third kappa shape index (κ3) is 2.61. The molecule has 0 saturated heterocycles. The quantitative estimate of drug-likeness (QED) is 0.416. The Morgan fingerprint density at radius 1 is 0.818 bits per heavy atom. The molecule has 0 amide bonds. The van der Waals surface area contributed by atoms with Crippen LogP contribution in [0.4, 0.5) is 0 Å². The van der Waals surface area contributed by atoms with Gasteiger partial charge in [-0.2, -0.15) is 0 Å². The van der Waals surface area contributed by atoms with Crippen LogP contribution in [0, 0.1) is 0 Å². The van der Waals surface area contributed by atoms with Gasteiger partial charge in [0, 0.05) is 17.9 Å². The lowest BCUT2D eigenvalue weighted by molar-refractivity contribution is -0.131. The summed E-state index contributed by atoms with van der Waals surface area (Å²) >= 11 is 0. The van der Waals surface area contributed by atoms with Crippen LogP contribution in [-0.4, -0.2) is 11.8 Å². The maximum Gasteiger partial charge on any atom is 0.308 e. The van der Waals surface area contributed by atoms with E-state index in [0.29, 0.717) is 16.9 Å². The number of benzene rings is 3. The van der Waals surface area contributed by atoms with Crippen LogP contribution in [-0.2, 0) is 4.79 Å². The van der Waals surface area contributed by atoms with Gasteiger partial charge in [-0.05, 0) is 11.5 Å². The van der Waals surface area contributed by atoms with Gasteiger partial charge < -0.3 is 4.74 Å². The number of hydrogen-bond donors (Lipinski definition) is 0. The van der Waals surface area contributed by atoms with Crippen molar-refractivity contribution in [3.8, 4) is 5.75 Å². The van der Waals surface area contributed by atoms with E-state index in [2.05, 4.69) is 0 Å². The van der Waals surface area contributed by atoms with Gasteiger partial charge in [0.1, 0.15) is 5.75 Å². The minimum atomic E-state index is -0.446. The normalized spacial score (nSPS) is 10.4. The fraction of sp³-hybridized carbons (Fsp3) is 0.0526. The maximum atomic E-state index is 12.7. The summed E-state index contributed by atoms with van der Waals surface area (Å²) in [6.07, 6.45) is 0. The van der Waals surface area contributed by atoms with Crippen LogP contribution in [0.2, 0.25) is 0 Å². The molecule has 0 heterocycles. The highest BCUT2D eigenvalue weighted by Crippen LogP contribution is 2.31. The largest absolute Gasteiger partial charge is 0.425 e. The third-order valence-electron chi connectivity index (χ3n) is 3.41. The lowest BCUT2D eigenvalue weighted by atomic mass is 9.98. The molecular formula is C19H14O3. The van der Waals surface area contributed by atoms with Crippen molar-refractivity contribution in [2.75, 3.05) is 0 Å². The smallest absolute Gasteiger partial charge is 0.308 e. The molecule has 3 rings (SSSR count). The zero-order chi connectivity index (χ0) is 15.5. The van der Waals surface area contributed by atoms with Crippen molar-refractivity contribution in [2.24, 2.45) is 0 Å². The highest BCUT2D eigenvalue weighted by molar-refractivity contribution is 6.14. The number of hydrogen-bond acceptors (Lipinski definition) is 3. The maximum absolute atomic E-state index is 12.7. The standard InChI is InChI=1S/C19H14O3/c1-13(20)22-19-16-10-6-5-7-14(16)11-12-17(19)18(21)15-8-3-2-4-9-15/h2-12H,1H3. The molecule has 0 bridgehead atoms. The number of ketones is 1. The van der Waals surface area contributed by atoms with Crippen molar-refractivity contribution in [1.29, 1.82) is 0 Å². The molecular weight excluding hydrogens is 276 g/mol. The molecule has 0 saturated carbocycles. The molecule has 0 N–H and O–H groups in total. The first-order valence-electron chi connectivity index (χ1n) is 6.97. The van der Waals surface area contributed by atoms with Crippen molar-refractivity contribution in [3.63, 3.8) is 0 Å². The van der Waals surface area contributed by atoms with E-state index in [9.17, 15) is 9.59 Å². The molecule has 3 aromatic rings. The molecule has 3 aromatic carbocycles. The first kappa shape index (κ1) is 14.0. The van der Waals surface area contributed by atoms with Gasteiger partial charge in [0.15, 0.2) is 5.78 Å². The number of ether oxygens (including phenoxy) is 1. The summed E-state index contributed by atoms with van der Waals surface area (Å²) in [7, 11) is 0. The Kier molecular flexibility index (Phi) is 3.71. The minimum absolute atomic E-state index is 0.164. The van der Waals surface area contributed by atoms with Crippen LogP contribution in [0.5, 0.6) is 5.75 Å². The van der Waals surface area contributed by atoms with Crippen molar-refractivity contribution >= 4 is 22.5 Å². The molecule has 0 aromatic heterocycles. The summed E-state index contributed by atoms with van der Waals surface area (Å²) in [5.41, 5.74) is 0.950. The molecule has 0 unspecified atom stereocenters. The van der Waals surface area contributed by atoms with Crippen LogP contribution in [0.15, 0.2) is 66.7 Å². The van der Waals surface area contributed by atoms with Gasteiger partial charge >= 0.3 is 5.97 Å². The molecule has 0 atom stereocenters. The van der Waals surface area contributed by atoms with Crippen molar-refractivity contribution in [3.05, 3.63) is 77.9 Å². The number of rotatable bonds is 3. The number of carbonyl (C=O) groups is 2. The number of esters is 1. The second-order valence-corrected chi connectivity index (χ2v) is 4.95. The molecule has 0 aliphatic rings. The van der Waals surface area contributed by atoms with E-state index >= 15 is 0 Å². The summed E-state index contributed by atoms with van der Waals surface area (Å²) in [6.45, 7) is 1.33. The summed E-state index contributed by atoms with van der Waals surface area (Å²) in [4.78, 5) is 24.1. The van der Waals surface area contributed by atoms with Gasteiger partial charge in [-0.25, -0.2) is 0 Å². The Balaban J connectivity index is 2.20. The molecule has 0 spiro atoms. The zero-order valence-electron chi connectivity index (χ0n) is 12.1. The SMILES string of the molecule is CC(=O)Oc1c(C(=O)c2ccccc2)ccc2ccccc12. The van der Waals surface area contributed by atoms with E-state index < -0.39 is 5.97 Å². The Labute approximate surface area is 128 Å². The van der Waals surface area contributed by atoms with Gasteiger partial charge in [0.2, 0.25) is 0 Å². The average Bonchev–Trinajstić information content (AvgIpc) is 2.55. The monoisotopic (exact) mass is 290 g/mol. The van der Waals surface area contributed by atoms with Crippen molar-refractivity contribution in [1.82, 2.24) is 0 Å². The Hall–Kier alpha value is -2.94. The van der Waals surface area contributed by atoms with E-state index in [0.717, 1.165) is 10.8 Å². The molecule has 0 aliphatic heterocycles. The van der Waals surface area contributed by atoms with Gasteiger partial charge in [-0.15, -0.1) is 0 Å². The Bertz CT molecular complexity index is 851. The molecule has 22 heavy (non-hydrogen) atoms. The van der Waals surface area contributed by atoms with Crippen LogP contribution < -0.4 is 4.74 Å². The van der Waals surface area contributed by atoms with Crippen molar-refractivity contribution < 1.29 is 14.3 Å². The summed E-state index contributed by atoms with van der Waals surface area (Å²) < 4.78 is 5.34. The van der Waals surface area contributed by atoms with Gasteiger partial charge in [0.25, 0.3) is 0 Å². The number of fused-ring (bicyclic) bond motifs is 1. The fourth-order valence-electron chi connectivity index (χ4n) is 2.42. The molecule has 0 fully saturated rings. The van der Waals surface area contributed by atoms with Gasteiger partial charge in [-0.3, -0.25) is 9.59 Å². The Morgan fingerprint density at radius 3 is 2.23 bits per heavy atom. The van der Waals surface area contributed by atoms with Crippen molar-refractivity contribution in [2.45, 2.75) is 6.92 Å². The van der Waals surface area contributed by atoms with E-state index in [1.54, 1.807) is 30.3 Å². The van der Waals surface area contributed by atoms with Crippen LogP contribution in [0.1, 0.15) is 22.8 Å². The van der Waals surface area contributed by atoms with E-state index in [1.807, 2.05) is 36.4 Å². The zero-order valence-corrected chi connectivity index (χ0v) is 12.1. The third-order valence-corrected chi connectivity index (χ3v) is 3.41. The highest BCUT2D eigenvalue weighted by Gasteiger charge is 2.18. The lowest BCUT2D eigenvalue weighted by Crippen LogP contribution is -2.09. The van der Waals surface area contributed by atoms with Crippen LogP contribution in [0.3, 0.4) is 0 Å². The summed E-state index contributed by atoms with van der Waals surface area (Å²) in [6, 6.07) is 20.0. The van der Waals surface area contributed by atoms with E-state index in [-0.39, 0.29) is 5.78 Å². The molecule has 0 radical (unpaired) electrons. The molecule has 0 aliphatic carbocycles. The second-order valence-electron chi connectivity index (χ2n) is 4.95.